The van der Waals surface area contributed by atoms with E-state index in [0.717, 1.165) is 29.2 Å². The number of hydrogen-bond acceptors (Lipinski definition) is 3. The first-order chi connectivity index (χ1) is 12.5. The first-order valence-electron chi connectivity index (χ1n) is 7.97. The van der Waals surface area contributed by atoms with Crippen LogP contribution in [0.15, 0.2) is 54.9 Å². The van der Waals surface area contributed by atoms with E-state index >= 15 is 0 Å². The van der Waals surface area contributed by atoms with Crippen molar-refractivity contribution in [2.45, 2.75) is 13.5 Å². The van der Waals surface area contributed by atoms with Crippen LogP contribution in [0.2, 0.25) is 0 Å². The quantitative estimate of drug-likeness (QED) is 0.737. The smallest absolute Gasteiger partial charge is 0.258 e. The summed E-state index contributed by atoms with van der Waals surface area (Å²) in [6.45, 7) is 1.80. The molecule has 7 heteroatoms. The maximum Gasteiger partial charge on any atom is 0.258 e. The van der Waals surface area contributed by atoms with Crippen molar-refractivity contribution in [1.82, 2.24) is 14.9 Å². The maximum absolute atomic E-state index is 13.5. The van der Waals surface area contributed by atoms with Gasteiger partial charge in [0.1, 0.15) is 11.6 Å². The predicted octanol–water partition coefficient (Wildman–Crippen LogP) is 3.15. The second-order valence-electron chi connectivity index (χ2n) is 5.61. The van der Waals surface area contributed by atoms with Gasteiger partial charge in [-0.1, -0.05) is 18.2 Å². The minimum atomic E-state index is -0.848. The third-order valence-corrected chi connectivity index (χ3v) is 3.81. The molecule has 0 fully saturated rings. The number of carbonyl (C=O) groups excluding carboxylic acids is 1. The van der Waals surface area contributed by atoms with Crippen molar-refractivity contribution in [2.75, 3.05) is 6.61 Å². The predicted molar refractivity (Wildman–Crippen MR) is 92.0 cm³/mol. The fourth-order valence-electron chi connectivity index (χ4n) is 2.51. The lowest BCUT2D eigenvalue weighted by Crippen LogP contribution is -2.29. The molecule has 0 bridgehead atoms. The lowest BCUT2D eigenvalue weighted by molar-refractivity contribution is -0.123. The van der Waals surface area contributed by atoms with E-state index in [1.54, 1.807) is 6.20 Å². The molecule has 0 radical (unpaired) electrons. The van der Waals surface area contributed by atoms with Crippen LogP contribution in [0.4, 0.5) is 8.78 Å². The SMILES string of the molecule is Cc1nccn1-c1ccccc1CNC(=O)COc1ccc(F)cc1F. The molecule has 0 unspecified atom stereocenters. The number of amides is 1. The molecule has 0 aliphatic rings. The van der Waals surface area contributed by atoms with Crippen LogP contribution in [-0.2, 0) is 11.3 Å². The standard InChI is InChI=1S/C19H17F2N3O2/c1-13-22-8-9-24(13)17-5-3-2-4-14(17)11-23-19(25)12-26-18-7-6-15(20)10-16(18)21/h2-10H,11-12H2,1H3,(H,23,25). The number of imidazole rings is 1. The number of hydrogen-bond donors (Lipinski definition) is 1. The van der Waals surface area contributed by atoms with E-state index in [-0.39, 0.29) is 18.9 Å². The minimum Gasteiger partial charge on any atom is -0.481 e. The lowest BCUT2D eigenvalue weighted by atomic mass is 10.1. The molecule has 0 saturated carbocycles. The number of carbonyl (C=O) groups is 1. The third-order valence-electron chi connectivity index (χ3n) is 3.81. The number of ether oxygens (including phenoxy) is 1. The molecule has 1 aromatic heterocycles. The molecular formula is C19H17F2N3O2. The monoisotopic (exact) mass is 357 g/mol. The third kappa shape index (κ3) is 4.05. The van der Waals surface area contributed by atoms with Gasteiger partial charge in [-0.3, -0.25) is 4.79 Å². The van der Waals surface area contributed by atoms with Gasteiger partial charge in [-0.15, -0.1) is 0 Å². The van der Waals surface area contributed by atoms with Gasteiger partial charge in [0.05, 0.1) is 5.69 Å². The molecule has 0 spiro atoms. The molecule has 0 aliphatic carbocycles. The molecule has 1 N–H and O–H groups in total. The van der Waals surface area contributed by atoms with E-state index in [1.165, 1.54) is 0 Å². The largest absolute Gasteiger partial charge is 0.481 e. The van der Waals surface area contributed by atoms with Crippen LogP contribution >= 0.6 is 0 Å². The van der Waals surface area contributed by atoms with E-state index in [0.29, 0.717) is 6.07 Å². The summed E-state index contributed by atoms with van der Waals surface area (Å²) in [4.78, 5) is 16.2. The van der Waals surface area contributed by atoms with Gasteiger partial charge in [0.15, 0.2) is 18.2 Å². The van der Waals surface area contributed by atoms with Crippen molar-refractivity contribution in [2.24, 2.45) is 0 Å². The average molecular weight is 357 g/mol. The zero-order valence-corrected chi connectivity index (χ0v) is 14.1. The molecule has 1 amide bonds. The van der Waals surface area contributed by atoms with Crippen LogP contribution in [0.1, 0.15) is 11.4 Å². The van der Waals surface area contributed by atoms with Gasteiger partial charge < -0.3 is 14.6 Å². The Morgan fingerprint density at radius 3 is 2.77 bits per heavy atom. The molecule has 3 rings (SSSR count). The number of aromatic nitrogens is 2. The summed E-state index contributed by atoms with van der Waals surface area (Å²) >= 11 is 0. The lowest BCUT2D eigenvalue weighted by Gasteiger charge is -2.13. The Bertz CT molecular complexity index is 925. The van der Waals surface area contributed by atoms with Crippen LogP contribution in [-0.4, -0.2) is 22.1 Å². The van der Waals surface area contributed by atoms with E-state index in [9.17, 15) is 13.6 Å². The highest BCUT2D eigenvalue weighted by Crippen LogP contribution is 2.18. The van der Waals surface area contributed by atoms with E-state index in [1.807, 2.05) is 42.0 Å². The van der Waals surface area contributed by atoms with Gasteiger partial charge >= 0.3 is 0 Å². The Morgan fingerprint density at radius 1 is 1.23 bits per heavy atom. The molecule has 0 saturated heterocycles. The summed E-state index contributed by atoms with van der Waals surface area (Å²) in [6, 6.07) is 10.5. The Morgan fingerprint density at radius 2 is 2.04 bits per heavy atom. The van der Waals surface area contributed by atoms with Crippen LogP contribution < -0.4 is 10.1 Å². The number of rotatable bonds is 6. The highest BCUT2D eigenvalue weighted by molar-refractivity contribution is 5.77. The summed E-state index contributed by atoms with van der Waals surface area (Å²) in [7, 11) is 0. The van der Waals surface area contributed by atoms with Gasteiger partial charge in [0, 0.05) is 25.0 Å². The summed E-state index contributed by atoms with van der Waals surface area (Å²) in [5, 5.41) is 2.73. The van der Waals surface area contributed by atoms with Crippen molar-refractivity contribution in [3.05, 3.63) is 77.9 Å². The van der Waals surface area contributed by atoms with Crippen molar-refractivity contribution < 1.29 is 18.3 Å². The first kappa shape index (κ1) is 17.6. The Hall–Kier alpha value is -3.22. The van der Waals surface area contributed by atoms with Crippen molar-refractivity contribution in [3.8, 4) is 11.4 Å². The molecule has 26 heavy (non-hydrogen) atoms. The Balaban J connectivity index is 1.61. The second kappa shape index (κ2) is 7.77. The number of nitrogens with one attached hydrogen (secondary N) is 1. The van der Waals surface area contributed by atoms with Crippen LogP contribution in [0.5, 0.6) is 5.75 Å². The Labute approximate surface area is 149 Å². The average Bonchev–Trinajstić information content (AvgIpc) is 3.05. The highest BCUT2D eigenvalue weighted by Gasteiger charge is 2.10. The van der Waals surface area contributed by atoms with Crippen molar-refractivity contribution in [1.29, 1.82) is 0 Å². The van der Waals surface area contributed by atoms with E-state index in [2.05, 4.69) is 10.3 Å². The molecular weight excluding hydrogens is 340 g/mol. The van der Waals surface area contributed by atoms with Gasteiger partial charge in [-0.05, 0) is 30.7 Å². The normalized spacial score (nSPS) is 10.6. The number of para-hydroxylation sites is 1. The molecule has 0 aliphatic heterocycles. The fraction of sp³-hybridized carbons (Fsp3) is 0.158. The van der Waals surface area contributed by atoms with Crippen LogP contribution in [0.3, 0.4) is 0 Å². The summed E-state index contributed by atoms with van der Waals surface area (Å²) in [5.41, 5.74) is 1.81. The van der Waals surface area contributed by atoms with Gasteiger partial charge in [-0.2, -0.15) is 0 Å². The van der Waals surface area contributed by atoms with E-state index < -0.39 is 17.5 Å². The number of halogens is 2. The fourth-order valence-corrected chi connectivity index (χ4v) is 2.51. The van der Waals surface area contributed by atoms with Gasteiger partial charge in [-0.25, -0.2) is 13.8 Å². The van der Waals surface area contributed by atoms with Gasteiger partial charge in [0.2, 0.25) is 0 Å². The molecule has 3 aromatic rings. The molecule has 2 aromatic carbocycles. The highest BCUT2D eigenvalue weighted by atomic mass is 19.1. The zero-order valence-electron chi connectivity index (χ0n) is 14.1. The number of benzene rings is 2. The molecule has 1 heterocycles. The topological polar surface area (TPSA) is 56.2 Å². The van der Waals surface area contributed by atoms with E-state index in [4.69, 9.17) is 4.74 Å². The molecule has 134 valence electrons. The molecule has 0 atom stereocenters. The zero-order chi connectivity index (χ0) is 18.5. The van der Waals surface area contributed by atoms with Crippen molar-refractivity contribution >= 4 is 5.91 Å². The van der Waals surface area contributed by atoms with Gasteiger partial charge in [0.25, 0.3) is 5.91 Å². The summed E-state index contributed by atoms with van der Waals surface area (Å²) in [6.07, 6.45) is 3.55. The summed E-state index contributed by atoms with van der Waals surface area (Å²) < 4.78 is 33.4. The number of aryl methyl sites for hydroxylation is 1. The molecule has 5 nitrogen and oxygen atoms in total. The second-order valence-corrected chi connectivity index (χ2v) is 5.61. The van der Waals surface area contributed by atoms with Crippen molar-refractivity contribution in [3.63, 3.8) is 0 Å². The van der Waals surface area contributed by atoms with Crippen LogP contribution in [0, 0.1) is 18.6 Å². The Kier molecular flexibility index (Phi) is 5.26. The maximum atomic E-state index is 13.5. The number of nitrogens with zero attached hydrogens (tertiary/aromatic N) is 2. The summed E-state index contributed by atoms with van der Waals surface area (Å²) in [5.74, 6) is -1.30. The minimum absolute atomic E-state index is 0.170. The first-order valence-corrected chi connectivity index (χ1v) is 7.97. The van der Waals surface area contributed by atoms with Crippen LogP contribution in [0.25, 0.3) is 5.69 Å².